The van der Waals surface area contributed by atoms with Crippen LogP contribution in [0, 0.1) is 5.82 Å². The molecule has 5 heteroatoms. The average molecular weight is 465 g/mol. The number of aromatic amines is 1. The molecule has 0 spiro atoms. The molecule has 0 fully saturated rings. The van der Waals surface area contributed by atoms with Crippen molar-refractivity contribution in [3.8, 4) is 33.9 Å². The van der Waals surface area contributed by atoms with Gasteiger partial charge in [0, 0.05) is 32.7 Å². The maximum Gasteiger partial charge on any atom is 0.193 e. The van der Waals surface area contributed by atoms with Gasteiger partial charge in [0.2, 0.25) is 0 Å². The lowest BCUT2D eigenvalue weighted by molar-refractivity contribution is 0.103. The Morgan fingerprint density at radius 1 is 0.735 bits per heavy atom. The quantitative estimate of drug-likeness (QED) is 0.209. The molecule has 1 heterocycles. The number of rotatable bonds is 6. The van der Waals surface area contributed by atoms with Crippen molar-refractivity contribution >= 4 is 17.5 Å². The van der Waals surface area contributed by atoms with Gasteiger partial charge in [0.25, 0.3) is 0 Å². The first-order valence-corrected chi connectivity index (χ1v) is 12.1. The second-order valence-electron chi connectivity index (χ2n) is 7.82. The summed E-state index contributed by atoms with van der Waals surface area (Å²) >= 11 is 1.70. The van der Waals surface area contributed by atoms with Crippen LogP contribution in [0.25, 0.3) is 33.9 Å². The molecule has 0 aliphatic rings. The Labute approximate surface area is 201 Å². The summed E-state index contributed by atoms with van der Waals surface area (Å²) in [5, 5.41) is 0. The third-order valence-corrected chi connectivity index (χ3v) is 6.40. The van der Waals surface area contributed by atoms with E-state index in [9.17, 15) is 9.18 Å². The molecule has 0 bridgehead atoms. The number of ketones is 1. The van der Waals surface area contributed by atoms with Gasteiger partial charge >= 0.3 is 0 Å². The first kappa shape index (κ1) is 21.9. The fourth-order valence-electron chi connectivity index (χ4n) is 3.83. The van der Waals surface area contributed by atoms with Crippen molar-refractivity contribution in [3.05, 3.63) is 120 Å². The van der Waals surface area contributed by atoms with Crippen LogP contribution in [0.4, 0.5) is 4.39 Å². The van der Waals surface area contributed by atoms with E-state index in [1.165, 1.54) is 29.2 Å². The molecule has 0 atom stereocenters. The molecular formula is C29H21FN2OS. The molecule has 1 N–H and O–H groups in total. The van der Waals surface area contributed by atoms with Gasteiger partial charge in [-0.2, -0.15) is 0 Å². The van der Waals surface area contributed by atoms with Gasteiger partial charge in [0.15, 0.2) is 5.78 Å². The number of carbonyl (C=O) groups is 1. The van der Waals surface area contributed by atoms with Crippen LogP contribution in [0.2, 0.25) is 0 Å². The molecular weight excluding hydrogens is 443 g/mol. The minimum Gasteiger partial charge on any atom is -0.337 e. The zero-order valence-corrected chi connectivity index (χ0v) is 19.3. The summed E-state index contributed by atoms with van der Waals surface area (Å²) in [5.41, 5.74) is 5.67. The van der Waals surface area contributed by atoms with Gasteiger partial charge in [0.05, 0.1) is 11.4 Å². The largest absolute Gasteiger partial charge is 0.337 e. The molecule has 5 aromatic rings. The first-order chi connectivity index (χ1) is 16.6. The van der Waals surface area contributed by atoms with Gasteiger partial charge in [-0.3, -0.25) is 4.79 Å². The molecule has 0 aliphatic heterocycles. The zero-order valence-electron chi connectivity index (χ0n) is 18.5. The van der Waals surface area contributed by atoms with Crippen molar-refractivity contribution in [1.29, 1.82) is 0 Å². The molecule has 5 rings (SSSR count). The third-order valence-electron chi connectivity index (χ3n) is 5.66. The van der Waals surface area contributed by atoms with E-state index in [1.54, 1.807) is 23.9 Å². The average Bonchev–Trinajstić information content (AvgIpc) is 3.35. The van der Waals surface area contributed by atoms with Crippen molar-refractivity contribution in [1.82, 2.24) is 9.97 Å². The highest BCUT2D eigenvalue weighted by molar-refractivity contribution is 7.98. The molecule has 0 saturated carbocycles. The van der Waals surface area contributed by atoms with E-state index in [-0.39, 0.29) is 11.6 Å². The molecule has 166 valence electrons. The summed E-state index contributed by atoms with van der Waals surface area (Å²) in [7, 11) is 0. The van der Waals surface area contributed by atoms with Gasteiger partial charge in [-0.05, 0) is 42.7 Å². The smallest absolute Gasteiger partial charge is 0.193 e. The third kappa shape index (κ3) is 4.43. The minimum atomic E-state index is -0.363. The number of aromatic nitrogens is 2. The van der Waals surface area contributed by atoms with E-state index >= 15 is 0 Å². The van der Waals surface area contributed by atoms with Gasteiger partial charge in [0.1, 0.15) is 11.6 Å². The Balaban J connectivity index is 1.53. The number of benzene rings is 4. The zero-order chi connectivity index (χ0) is 23.5. The molecule has 0 unspecified atom stereocenters. The number of nitrogens with one attached hydrogen (secondary N) is 1. The molecule has 0 saturated heterocycles. The molecule has 0 aliphatic carbocycles. The minimum absolute atomic E-state index is 0.144. The van der Waals surface area contributed by atoms with Crippen LogP contribution in [0.3, 0.4) is 0 Å². The van der Waals surface area contributed by atoms with E-state index in [0.717, 1.165) is 33.9 Å². The number of nitrogens with zero attached hydrogens (tertiary/aromatic N) is 1. The Bertz CT molecular complexity index is 1430. The number of imidazole rings is 1. The number of halogens is 1. The Kier molecular flexibility index (Phi) is 6.11. The fraction of sp³-hybridized carbons (Fsp3) is 0.0345. The van der Waals surface area contributed by atoms with E-state index in [2.05, 4.69) is 35.5 Å². The molecule has 4 aromatic carbocycles. The topological polar surface area (TPSA) is 45.8 Å². The highest BCUT2D eigenvalue weighted by atomic mass is 32.2. The number of carbonyl (C=O) groups excluding carboxylic acids is 1. The Morgan fingerprint density at radius 3 is 1.94 bits per heavy atom. The standard InChI is InChI=1S/C29H21FN2OS/c1-34-25-17-13-23(14-18-25)29-31-26(19-5-3-2-4-6-19)27(32-29)20-7-9-21(10-8-20)28(33)22-11-15-24(30)16-12-22/h2-18H,1H3,(H,31,32). The van der Waals surface area contributed by atoms with Gasteiger partial charge in [-0.25, -0.2) is 9.37 Å². The molecule has 1 aromatic heterocycles. The van der Waals surface area contributed by atoms with Crippen molar-refractivity contribution in [2.45, 2.75) is 4.90 Å². The van der Waals surface area contributed by atoms with Crippen LogP contribution in [0.1, 0.15) is 15.9 Å². The van der Waals surface area contributed by atoms with Crippen LogP contribution in [0.15, 0.2) is 108 Å². The van der Waals surface area contributed by atoms with E-state index in [4.69, 9.17) is 4.98 Å². The molecule has 34 heavy (non-hydrogen) atoms. The second-order valence-corrected chi connectivity index (χ2v) is 8.70. The Morgan fingerprint density at radius 2 is 1.32 bits per heavy atom. The van der Waals surface area contributed by atoms with Crippen LogP contribution >= 0.6 is 11.8 Å². The maximum absolute atomic E-state index is 13.2. The molecule has 3 nitrogen and oxygen atoms in total. The van der Waals surface area contributed by atoms with Gasteiger partial charge < -0.3 is 4.98 Å². The van der Waals surface area contributed by atoms with Crippen LogP contribution in [-0.2, 0) is 0 Å². The lowest BCUT2D eigenvalue weighted by atomic mass is 10.00. The normalized spacial score (nSPS) is 10.9. The lowest BCUT2D eigenvalue weighted by Gasteiger charge is -2.06. The van der Waals surface area contributed by atoms with Crippen LogP contribution < -0.4 is 0 Å². The number of hydrogen-bond donors (Lipinski definition) is 1. The fourth-order valence-corrected chi connectivity index (χ4v) is 4.24. The highest BCUT2D eigenvalue weighted by Gasteiger charge is 2.16. The number of thioether (sulfide) groups is 1. The maximum atomic E-state index is 13.2. The summed E-state index contributed by atoms with van der Waals surface area (Å²) in [5.74, 6) is 0.278. The number of H-pyrrole nitrogens is 1. The van der Waals surface area contributed by atoms with E-state index < -0.39 is 0 Å². The predicted octanol–water partition coefficient (Wildman–Crippen LogP) is 7.50. The summed E-state index contributed by atoms with van der Waals surface area (Å²) < 4.78 is 13.2. The monoisotopic (exact) mass is 464 g/mol. The van der Waals surface area contributed by atoms with Gasteiger partial charge in [-0.15, -0.1) is 11.8 Å². The van der Waals surface area contributed by atoms with Gasteiger partial charge in [-0.1, -0.05) is 66.7 Å². The summed E-state index contributed by atoms with van der Waals surface area (Å²) in [6.45, 7) is 0. The van der Waals surface area contributed by atoms with Crippen LogP contribution in [0.5, 0.6) is 0 Å². The second kappa shape index (κ2) is 9.49. The summed E-state index contributed by atoms with van der Waals surface area (Å²) in [6, 6.07) is 31.3. The predicted molar refractivity (Wildman–Crippen MR) is 137 cm³/mol. The number of hydrogen-bond acceptors (Lipinski definition) is 3. The van der Waals surface area contributed by atoms with Crippen molar-refractivity contribution in [3.63, 3.8) is 0 Å². The summed E-state index contributed by atoms with van der Waals surface area (Å²) in [6.07, 6.45) is 2.05. The van der Waals surface area contributed by atoms with Crippen molar-refractivity contribution in [2.75, 3.05) is 6.26 Å². The van der Waals surface area contributed by atoms with E-state index in [0.29, 0.717) is 11.1 Å². The van der Waals surface area contributed by atoms with E-state index in [1.807, 2.05) is 42.5 Å². The Hall–Kier alpha value is -3.96. The lowest BCUT2D eigenvalue weighted by Crippen LogP contribution is -2.01. The SMILES string of the molecule is CSc1ccc(-c2nc(-c3ccccc3)c(-c3ccc(C(=O)c4ccc(F)cc4)cc3)[nH]2)cc1. The van der Waals surface area contributed by atoms with Crippen molar-refractivity contribution in [2.24, 2.45) is 0 Å². The molecule has 0 amide bonds. The molecule has 0 radical (unpaired) electrons. The first-order valence-electron chi connectivity index (χ1n) is 10.8. The highest BCUT2D eigenvalue weighted by Crippen LogP contribution is 2.33. The van der Waals surface area contributed by atoms with Crippen molar-refractivity contribution < 1.29 is 9.18 Å². The van der Waals surface area contributed by atoms with Crippen LogP contribution in [-0.4, -0.2) is 22.0 Å². The summed E-state index contributed by atoms with van der Waals surface area (Å²) in [4.78, 5) is 22.4.